The Morgan fingerprint density at radius 2 is 1.96 bits per heavy atom. The van der Waals surface area contributed by atoms with Crippen LogP contribution in [0.15, 0.2) is 54.6 Å². The first-order chi connectivity index (χ1) is 12.6. The largest absolute Gasteiger partial charge is 0.497 e. The lowest BCUT2D eigenvalue weighted by molar-refractivity contribution is -0.384. The van der Waals surface area contributed by atoms with Crippen LogP contribution in [0.1, 0.15) is 17.2 Å². The first-order valence-electron chi connectivity index (χ1n) is 8.11. The predicted molar refractivity (Wildman–Crippen MR) is 97.0 cm³/mol. The lowest BCUT2D eigenvalue weighted by Crippen LogP contribution is -2.24. The van der Waals surface area contributed by atoms with Gasteiger partial charge in [0.1, 0.15) is 5.75 Å². The summed E-state index contributed by atoms with van der Waals surface area (Å²) >= 11 is 0. The number of methoxy groups -OCH3 is 1. The minimum absolute atomic E-state index is 0.00588. The van der Waals surface area contributed by atoms with Crippen LogP contribution in [-0.2, 0) is 0 Å². The molecule has 7 heteroatoms. The highest BCUT2D eigenvalue weighted by atomic mass is 16.6. The number of benzene rings is 2. The maximum atomic E-state index is 10.8. The molecule has 132 valence electrons. The second-order valence-corrected chi connectivity index (χ2v) is 5.94. The van der Waals surface area contributed by atoms with Gasteiger partial charge in [-0.2, -0.15) is 5.26 Å². The van der Waals surface area contributed by atoms with Crippen molar-refractivity contribution in [1.82, 2.24) is 10.9 Å². The standard InChI is InChI=1S/C19H18N4O3/c1-26-18-8-4-14(5-9-18)19-16(12-21-22-19)10-15(11-20)13-2-6-17(7-3-13)23(24)25/h2-10,16,19,21-22H,12H2,1H3/b15-10+. The lowest BCUT2D eigenvalue weighted by atomic mass is 9.91. The van der Waals surface area contributed by atoms with E-state index >= 15 is 0 Å². The fraction of sp³-hybridized carbons (Fsp3) is 0.211. The summed E-state index contributed by atoms with van der Waals surface area (Å²) < 4.78 is 5.19. The maximum absolute atomic E-state index is 10.8. The van der Waals surface area contributed by atoms with Gasteiger partial charge >= 0.3 is 0 Å². The Bertz CT molecular complexity index is 854. The zero-order valence-electron chi connectivity index (χ0n) is 14.2. The molecule has 1 aliphatic heterocycles. The predicted octanol–water partition coefficient (Wildman–Crippen LogP) is 2.98. The van der Waals surface area contributed by atoms with E-state index in [1.54, 1.807) is 19.2 Å². The summed E-state index contributed by atoms with van der Waals surface area (Å²) in [7, 11) is 1.62. The quantitative estimate of drug-likeness (QED) is 0.488. The summed E-state index contributed by atoms with van der Waals surface area (Å²) in [6.45, 7) is 0.675. The molecular weight excluding hydrogens is 332 g/mol. The fourth-order valence-electron chi connectivity index (χ4n) is 2.98. The van der Waals surface area contributed by atoms with E-state index in [0.717, 1.165) is 11.3 Å². The molecule has 0 saturated carbocycles. The number of nitro benzene ring substituents is 1. The van der Waals surface area contributed by atoms with Gasteiger partial charge in [-0.15, -0.1) is 0 Å². The highest BCUT2D eigenvalue weighted by Gasteiger charge is 2.27. The number of hydrogen-bond acceptors (Lipinski definition) is 6. The molecule has 1 heterocycles. The third-order valence-electron chi connectivity index (χ3n) is 4.39. The van der Waals surface area contributed by atoms with Crippen molar-refractivity contribution < 1.29 is 9.66 Å². The topological polar surface area (TPSA) is 100 Å². The number of non-ortho nitro benzene ring substituents is 1. The minimum atomic E-state index is -0.454. The van der Waals surface area contributed by atoms with E-state index in [1.807, 2.05) is 30.3 Å². The highest BCUT2D eigenvalue weighted by Crippen LogP contribution is 2.30. The molecule has 0 spiro atoms. The molecule has 1 saturated heterocycles. The SMILES string of the molecule is COc1ccc(C2NNCC2/C=C(\C#N)c2ccc([N+](=O)[O-])cc2)cc1. The van der Waals surface area contributed by atoms with E-state index < -0.39 is 4.92 Å². The first-order valence-corrected chi connectivity index (χ1v) is 8.11. The molecule has 2 atom stereocenters. The van der Waals surface area contributed by atoms with Crippen molar-refractivity contribution >= 4 is 11.3 Å². The lowest BCUT2D eigenvalue weighted by Gasteiger charge is -2.17. The molecular formula is C19H18N4O3. The van der Waals surface area contributed by atoms with Crippen LogP contribution in [-0.4, -0.2) is 18.6 Å². The van der Waals surface area contributed by atoms with Gasteiger partial charge < -0.3 is 4.74 Å². The van der Waals surface area contributed by atoms with E-state index in [4.69, 9.17) is 4.74 Å². The van der Waals surface area contributed by atoms with Crippen LogP contribution in [0.4, 0.5) is 5.69 Å². The Labute approximate surface area is 151 Å². The Morgan fingerprint density at radius 3 is 2.54 bits per heavy atom. The van der Waals surface area contributed by atoms with Crippen molar-refractivity contribution in [1.29, 1.82) is 5.26 Å². The summed E-state index contributed by atoms with van der Waals surface area (Å²) in [6, 6.07) is 16.0. The monoisotopic (exact) mass is 350 g/mol. The van der Waals surface area contributed by atoms with Gasteiger partial charge in [-0.25, -0.2) is 5.43 Å². The Balaban J connectivity index is 1.85. The van der Waals surface area contributed by atoms with Gasteiger partial charge in [0.2, 0.25) is 0 Å². The summed E-state index contributed by atoms with van der Waals surface area (Å²) in [5, 5.41) is 20.3. The minimum Gasteiger partial charge on any atom is -0.497 e. The molecule has 2 aromatic carbocycles. The average Bonchev–Trinajstić information content (AvgIpc) is 3.14. The Kier molecular flexibility index (Phi) is 5.27. The molecule has 26 heavy (non-hydrogen) atoms. The Hall–Kier alpha value is -3.21. The van der Waals surface area contributed by atoms with Gasteiger partial charge in [-0.1, -0.05) is 18.2 Å². The summed E-state index contributed by atoms with van der Waals surface area (Å²) in [5.74, 6) is 0.851. The van der Waals surface area contributed by atoms with Gasteiger partial charge in [-0.3, -0.25) is 15.5 Å². The molecule has 7 nitrogen and oxygen atoms in total. The van der Waals surface area contributed by atoms with E-state index in [-0.39, 0.29) is 17.6 Å². The highest BCUT2D eigenvalue weighted by molar-refractivity contribution is 5.77. The third kappa shape index (κ3) is 3.72. The van der Waals surface area contributed by atoms with Gasteiger partial charge in [0.05, 0.1) is 29.7 Å². The van der Waals surface area contributed by atoms with Crippen molar-refractivity contribution in [3.8, 4) is 11.8 Å². The summed E-state index contributed by atoms with van der Waals surface area (Å²) in [6.07, 6.45) is 1.91. The van der Waals surface area contributed by atoms with Gasteiger partial charge in [-0.05, 0) is 35.4 Å². The number of hydrazine groups is 1. The molecule has 0 aromatic heterocycles. The van der Waals surface area contributed by atoms with Crippen LogP contribution in [0.3, 0.4) is 0 Å². The van der Waals surface area contributed by atoms with E-state index in [1.165, 1.54) is 12.1 Å². The number of nitrogens with one attached hydrogen (secondary N) is 2. The second-order valence-electron chi connectivity index (χ2n) is 5.94. The molecule has 2 unspecified atom stereocenters. The zero-order valence-corrected chi connectivity index (χ0v) is 14.2. The first kappa shape index (κ1) is 17.6. The maximum Gasteiger partial charge on any atom is 0.269 e. The number of nitriles is 1. The smallest absolute Gasteiger partial charge is 0.269 e. The van der Waals surface area contributed by atoms with E-state index in [0.29, 0.717) is 17.7 Å². The third-order valence-corrected chi connectivity index (χ3v) is 4.39. The molecule has 2 N–H and O–H groups in total. The van der Waals surface area contributed by atoms with E-state index in [2.05, 4.69) is 16.9 Å². The van der Waals surface area contributed by atoms with Crippen LogP contribution >= 0.6 is 0 Å². The number of allylic oxidation sites excluding steroid dienone is 1. The van der Waals surface area contributed by atoms with Gasteiger partial charge in [0.15, 0.2) is 0 Å². The zero-order chi connectivity index (χ0) is 18.5. The Morgan fingerprint density at radius 1 is 1.27 bits per heavy atom. The average molecular weight is 350 g/mol. The van der Waals surface area contributed by atoms with Crippen molar-refractivity contribution in [2.75, 3.05) is 13.7 Å². The number of rotatable bonds is 5. The molecule has 0 radical (unpaired) electrons. The number of hydrogen-bond donors (Lipinski definition) is 2. The summed E-state index contributed by atoms with van der Waals surface area (Å²) in [4.78, 5) is 10.3. The van der Waals surface area contributed by atoms with E-state index in [9.17, 15) is 15.4 Å². The second kappa shape index (κ2) is 7.78. The van der Waals surface area contributed by atoms with Crippen molar-refractivity contribution in [3.63, 3.8) is 0 Å². The fourth-order valence-corrected chi connectivity index (χ4v) is 2.98. The number of nitrogens with zero attached hydrogens (tertiary/aromatic N) is 2. The van der Waals surface area contributed by atoms with Crippen LogP contribution in [0.25, 0.3) is 5.57 Å². The molecule has 0 bridgehead atoms. The summed E-state index contributed by atoms with van der Waals surface area (Å²) in [5.41, 5.74) is 8.61. The number of ether oxygens (including phenoxy) is 1. The number of nitro groups is 1. The normalized spacial score (nSPS) is 19.8. The van der Waals surface area contributed by atoms with Crippen LogP contribution < -0.4 is 15.6 Å². The van der Waals surface area contributed by atoms with Gasteiger partial charge in [0, 0.05) is 24.6 Å². The van der Waals surface area contributed by atoms with Crippen molar-refractivity contribution in [2.45, 2.75) is 6.04 Å². The molecule has 1 aliphatic rings. The van der Waals surface area contributed by atoms with Crippen LogP contribution in [0, 0.1) is 27.4 Å². The molecule has 0 amide bonds. The molecule has 2 aromatic rings. The van der Waals surface area contributed by atoms with Crippen LogP contribution in [0.2, 0.25) is 0 Å². The molecule has 0 aliphatic carbocycles. The molecule has 1 fully saturated rings. The molecule has 3 rings (SSSR count). The van der Waals surface area contributed by atoms with Gasteiger partial charge in [0.25, 0.3) is 5.69 Å². The van der Waals surface area contributed by atoms with Crippen molar-refractivity contribution in [3.05, 3.63) is 75.8 Å². The van der Waals surface area contributed by atoms with Crippen molar-refractivity contribution in [2.24, 2.45) is 5.92 Å². The van der Waals surface area contributed by atoms with Crippen LogP contribution in [0.5, 0.6) is 5.75 Å².